The van der Waals surface area contributed by atoms with Crippen molar-refractivity contribution >= 4 is 17.0 Å². The molecular formula is C16H12N6O3. The normalized spacial score (nSPS) is 11.0. The number of carboxylic acids is 1. The molecular weight excluding hydrogens is 324 g/mol. The molecule has 4 aromatic heterocycles. The molecule has 0 aliphatic carbocycles. The Hall–Kier alpha value is -3.75. The molecule has 0 atom stereocenters. The monoisotopic (exact) mass is 336 g/mol. The fraction of sp³-hybridized carbons (Fsp3) is 0.0625. The number of hydrogen-bond acceptors (Lipinski definition) is 5. The van der Waals surface area contributed by atoms with E-state index < -0.39 is 5.97 Å². The van der Waals surface area contributed by atoms with Crippen LogP contribution in [0.3, 0.4) is 0 Å². The molecule has 25 heavy (non-hydrogen) atoms. The minimum atomic E-state index is -1.10. The Labute approximate surface area is 140 Å². The van der Waals surface area contributed by atoms with E-state index in [1.807, 2.05) is 12.1 Å². The molecule has 0 saturated heterocycles. The highest BCUT2D eigenvalue weighted by Crippen LogP contribution is 2.13. The molecule has 124 valence electrons. The topological polar surface area (TPSA) is 119 Å². The Balaban J connectivity index is 1.76. The van der Waals surface area contributed by atoms with Gasteiger partial charge in [0, 0.05) is 31.3 Å². The molecule has 0 saturated carbocycles. The minimum Gasteiger partial charge on any atom is -0.478 e. The molecule has 2 N–H and O–H groups in total. The molecule has 9 nitrogen and oxygen atoms in total. The van der Waals surface area contributed by atoms with E-state index in [9.17, 15) is 9.59 Å². The summed E-state index contributed by atoms with van der Waals surface area (Å²) in [5.41, 5.74) is 1.63. The second-order valence-corrected chi connectivity index (χ2v) is 5.40. The van der Waals surface area contributed by atoms with Gasteiger partial charge in [-0.3, -0.25) is 14.8 Å². The Morgan fingerprint density at radius 2 is 2.04 bits per heavy atom. The maximum Gasteiger partial charge on any atom is 0.338 e. The number of nitrogens with zero attached hydrogens (tertiary/aromatic N) is 5. The Bertz CT molecular complexity index is 1130. The van der Waals surface area contributed by atoms with Crippen LogP contribution in [0.15, 0.2) is 54.0 Å². The van der Waals surface area contributed by atoms with Crippen molar-refractivity contribution in [2.45, 2.75) is 6.54 Å². The van der Waals surface area contributed by atoms with E-state index >= 15 is 0 Å². The van der Waals surface area contributed by atoms with Crippen molar-refractivity contribution < 1.29 is 9.90 Å². The maximum atomic E-state index is 12.5. The smallest absolute Gasteiger partial charge is 0.338 e. The van der Waals surface area contributed by atoms with Crippen LogP contribution in [-0.2, 0) is 6.54 Å². The lowest BCUT2D eigenvalue weighted by Gasteiger charge is -2.05. The van der Waals surface area contributed by atoms with Crippen molar-refractivity contribution in [3.8, 4) is 5.95 Å². The maximum absolute atomic E-state index is 12.5. The first-order valence-corrected chi connectivity index (χ1v) is 7.38. The van der Waals surface area contributed by atoms with Gasteiger partial charge < -0.3 is 9.67 Å². The summed E-state index contributed by atoms with van der Waals surface area (Å²) >= 11 is 0. The number of nitrogens with one attached hydrogen (secondary N) is 1. The molecule has 0 spiro atoms. The number of carbonyl (C=O) groups is 1. The van der Waals surface area contributed by atoms with Crippen LogP contribution < -0.4 is 5.56 Å². The Morgan fingerprint density at radius 3 is 2.76 bits per heavy atom. The third-order valence-electron chi connectivity index (χ3n) is 3.76. The second kappa shape index (κ2) is 5.71. The van der Waals surface area contributed by atoms with Gasteiger partial charge in [0.15, 0.2) is 0 Å². The van der Waals surface area contributed by atoms with Gasteiger partial charge in [-0.25, -0.2) is 14.5 Å². The Kier molecular flexibility index (Phi) is 3.38. The van der Waals surface area contributed by atoms with Crippen LogP contribution in [0.25, 0.3) is 17.0 Å². The number of aromatic amines is 1. The number of hydrogen-bond donors (Lipinski definition) is 2. The van der Waals surface area contributed by atoms with Gasteiger partial charge in [-0.05, 0) is 23.8 Å². The lowest BCUT2D eigenvalue weighted by atomic mass is 10.3. The lowest BCUT2D eigenvalue weighted by Crippen LogP contribution is -2.16. The Morgan fingerprint density at radius 1 is 1.24 bits per heavy atom. The van der Waals surface area contributed by atoms with Crippen LogP contribution in [0.1, 0.15) is 15.9 Å². The number of carboxylic acid groups (broad SMARTS) is 1. The number of fused-ring (bicyclic) bond motifs is 1. The molecule has 0 bridgehead atoms. The van der Waals surface area contributed by atoms with Gasteiger partial charge in [0.2, 0.25) is 5.95 Å². The molecule has 0 unspecified atom stereocenters. The summed E-state index contributed by atoms with van der Waals surface area (Å²) in [7, 11) is 0. The van der Waals surface area contributed by atoms with Crippen molar-refractivity contribution in [1.29, 1.82) is 0 Å². The van der Waals surface area contributed by atoms with Crippen molar-refractivity contribution in [2.75, 3.05) is 0 Å². The molecule has 9 heteroatoms. The summed E-state index contributed by atoms with van der Waals surface area (Å²) < 4.78 is 3.02. The minimum absolute atomic E-state index is 0.0120. The van der Waals surface area contributed by atoms with E-state index in [-0.39, 0.29) is 17.1 Å². The summed E-state index contributed by atoms with van der Waals surface area (Å²) in [6.45, 7) is 0.515. The molecule has 0 aliphatic heterocycles. The van der Waals surface area contributed by atoms with E-state index in [0.717, 1.165) is 5.56 Å². The zero-order chi connectivity index (χ0) is 17.4. The van der Waals surface area contributed by atoms with Gasteiger partial charge in [0.1, 0.15) is 5.52 Å². The van der Waals surface area contributed by atoms with Crippen LogP contribution in [0.4, 0.5) is 0 Å². The quantitative estimate of drug-likeness (QED) is 0.575. The zero-order valence-corrected chi connectivity index (χ0v) is 12.8. The molecule has 0 fully saturated rings. The van der Waals surface area contributed by atoms with Gasteiger partial charge in [-0.2, -0.15) is 5.10 Å². The van der Waals surface area contributed by atoms with Gasteiger partial charge in [0.25, 0.3) is 5.56 Å². The molecule has 4 rings (SSSR count). The number of H-pyrrole nitrogens is 1. The van der Waals surface area contributed by atoms with Gasteiger partial charge in [0.05, 0.1) is 17.3 Å². The first-order chi connectivity index (χ1) is 12.1. The van der Waals surface area contributed by atoms with Crippen molar-refractivity contribution in [2.24, 2.45) is 0 Å². The average Bonchev–Trinajstić information content (AvgIpc) is 3.23. The van der Waals surface area contributed by atoms with Crippen LogP contribution in [-0.4, -0.2) is 40.4 Å². The molecule has 4 heterocycles. The lowest BCUT2D eigenvalue weighted by molar-refractivity contribution is 0.0697. The van der Waals surface area contributed by atoms with Crippen LogP contribution in [0, 0.1) is 0 Å². The fourth-order valence-corrected chi connectivity index (χ4v) is 2.58. The van der Waals surface area contributed by atoms with Crippen LogP contribution in [0.5, 0.6) is 0 Å². The molecule has 4 aromatic rings. The summed E-state index contributed by atoms with van der Waals surface area (Å²) in [4.78, 5) is 34.4. The second-order valence-electron chi connectivity index (χ2n) is 5.40. The first kappa shape index (κ1) is 14.8. The van der Waals surface area contributed by atoms with Crippen molar-refractivity contribution in [3.63, 3.8) is 0 Å². The number of aromatic carboxylic acids is 1. The highest BCUT2D eigenvalue weighted by Gasteiger charge is 2.13. The van der Waals surface area contributed by atoms with Crippen molar-refractivity contribution in [3.05, 3.63) is 70.7 Å². The van der Waals surface area contributed by atoms with E-state index in [0.29, 0.717) is 17.6 Å². The van der Waals surface area contributed by atoms with E-state index in [1.54, 1.807) is 29.2 Å². The fourth-order valence-electron chi connectivity index (χ4n) is 2.58. The standard InChI is InChI=1S/C16H12N6O3/c23-14-13-12(3-6-21(13)8-10-1-4-17-5-2-10)19-16(20-14)22-9-11(7-18-22)15(24)25/h1-7,9H,8H2,(H,24,25)(H,19,20,23). The van der Waals surface area contributed by atoms with Crippen molar-refractivity contribution in [1.82, 2.24) is 29.3 Å². The largest absolute Gasteiger partial charge is 0.478 e. The molecule has 0 aromatic carbocycles. The molecule has 0 radical (unpaired) electrons. The number of pyridine rings is 1. The SMILES string of the molecule is O=C(O)c1cnn(-c2nc3ccn(Cc4ccncc4)c3c(=O)[nH]2)c1. The highest BCUT2D eigenvalue weighted by molar-refractivity contribution is 5.87. The van der Waals surface area contributed by atoms with E-state index in [4.69, 9.17) is 5.11 Å². The van der Waals surface area contributed by atoms with Gasteiger partial charge in [-0.1, -0.05) is 0 Å². The number of rotatable bonds is 4. The van der Waals surface area contributed by atoms with E-state index in [2.05, 4.69) is 20.1 Å². The third-order valence-corrected chi connectivity index (χ3v) is 3.76. The van der Waals surface area contributed by atoms with E-state index in [1.165, 1.54) is 17.1 Å². The van der Waals surface area contributed by atoms with Crippen LogP contribution in [0.2, 0.25) is 0 Å². The highest BCUT2D eigenvalue weighted by atomic mass is 16.4. The predicted octanol–water partition coefficient (Wildman–Crippen LogP) is 1.05. The summed E-state index contributed by atoms with van der Waals surface area (Å²) in [6.07, 6.45) is 7.66. The third kappa shape index (κ3) is 2.67. The van der Waals surface area contributed by atoms with Crippen LogP contribution >= 0.6 is 0 Å². The summed E-state index contributed by atoms with van der Waals surface area (Å²) in [5.74, 6) is -0.940. The summed E-state index contributed by atoms with van der Waals surface area (Å²) in [5, 5.41) is 12.9. The first-order valence-electron chi connectivity index (χ1n) is 7.38. The molecule has 0 aliphatic rings. The number of aromatic nitrogens is 6. The summed E-state index contributed by atoms with van der Waals surface area (Å²) in [6, 6.07) is 5.48. The average molecular weight is 336 g/mol. The van der Waals surface area contributed by atoms with Gasteiger partial charge in [-0.15, -0.1) is 0 Å². The predicted molar refractivity (Wildman–Crippen MR) is 87.8 cm³/mol. The van der Waals surface area contributed by atoms with Gasteiger partial charge >= 0.3 is 5.97 Å². The zero-order valence-electron chi connectivity index (χ0n) is 12.8. The molecule has 0 amide bonds.